The van der Waals surface area contributed by atoms with Gasteiger partial charge in [-0.05, 0) is 75.3 Å². The zero-order valence-electron chi connectivity index (χ0n) is 25.0. The highest BCUT2D eigenvalue weighted by Gasteiger charge is 2.31. The molecular weight excluding hydrogens is 510 g/mol. The quantitative estimate of drug-likeness (QED) is 0.114. The molecule has 0 radical (unpaired) electrons. The van der Waals surface area contributed by atoms with Crippen LogP contribution in [0.4, 0.5) is 8.78 Å². The summed E-state index contributed by atoms with van der Waals surface area (Å²) in [5.41, 5.74) is 0. The summed E-state index contributed by atoms with van der Waals surface area (Å²) >= 11 is 0. The lowest BCUT2D eigenvalue weighted by Gasteiger charge is -2.27. The molecule has 3 rings (SSSR count). The van der Waals surface area contributed by atoms with Crippen LogP contribution in [-0.4, -0.2) is 11.9 Å². The van der Waals surface area contributed by atoms with E-state index in [0.717, 1.165) is 51.4 Å². The van der Waals surface area contributed by atoms with Crippen molar-refractivity contribution in [1.82, 2.24) is 0 Å². The van der Waals surface area contributed by atoms with Gasteiger partial charge in [0.2, 0.25) is 11.6 Å². The van der Waals surface area contributed by atoms with Gasteiger partial charge in [-0.25, -0.2) is 0 Å². The molecule has 226 valence electrons. The van der Waals surface area contributed by atoms with E-state index >= 15 is 0 Å². The first kappa shape index (κ1) is 32.5. The number of rotatable bonds is 16. The number of unbranched alkanes of at least 4 members (excludes halogenated alkanes) is 8. The molecule has 0 unspecified atom stereocenters. The fourth-order valence-corrected chi connectivity index (χ4v) is 6.50. The topological polar surface area (TPSA) is 52.6 Å². The first-order valence-electron chi connectivity index (χ1n) is 16.3. The van der Waals surface area contributed by atoms with Crippen LogP contribution in [0.15, 0.2) is 12.1 Å². The molecule has 0 saturated heterocycles. The third kappa shape index (κ3) is 10.4. The predicted molar refractivity (Wildman–Crippen MR) is 155 cm³/mol. The van der Waals surface area contributed by atoms with Crippen molar-refractivity contribution in [3.63, 3.8) is 0 Å². The average molecular weight is 563 g/mol. The Balaban J connectivity index is 1.40. The summed E-state index contributed by atoms with van der Waals surface area (Å²) in [5, 5.41) is 0. The molecule has 0 bridgehead atoms. The molecule has 1 aromatic carbocycles. The predicted octanol–water partition coefficient (Wildman–Crippen LogP) is 10.1. The van der Waals surface area contributed by atoms with Crippen molar-refractivity contribution < 1.29 is 27.8 Å². The minimum atomic E-state index is -1.29. The maximum absolute atomic E-state index is 14.8. The first-order valence-corrected chi connectivity index (χ1v) is 16.3. The number of ether oxygens (including phenoxy) is 2. The van der Waals surface area contributed by atoms with Crippen LogP contribution in [0.2, 0.25) is 0 Å². The Kier molecular flexibility index (Phi) is 14.4. The molecule has 4 nitrogen and oxygen atoms in total. The van der Waals surface area contributed by atoms with Crippen molar-refractivity contribution in [1.29, 1.82) is 0 Å². The standard InChI is InChI=1S/C34H52F2O4/c1-3-5-7-9-11-13-25-15-19-27(20-16-25)33(37)39-29-23-24-30(32(36)31(29)35)40-34(38)28-21-17-26(18-22-28)14-12-10-8-6-4-2/h23-28H,3-22H2,1-2H3/t25-,26-,27-,28-. The Morgan fingerprint density at radius 3 is 1.30 bits per heavy atom. The summed E-state index contributed by atoms with van der Waals surface area (Å²) in [4.78, 5) is 25.4. The Labute approximate surface area is 241 Å². The number of benzene rings is 1. The molecule has 6 heteroatoms. The second kappa shape index (κ2) is 17.7. The maximum atomic E-state index is 14.8. The van der Waals surface area contributed by atoms with E-state index in [-0.39, 0.29) is 11.8 Å². The minimum Gasteiger partial charge on any atom is -0.423 e. The summed E-state index contributed by atoms with van der Waals surface area (Å²) in [5.74, 6) is -3.78. The maximum Gasteiger partial charge on any atom is 0.314 e. The van der Waals surface area contributed by atoms with E-state index in [0.29, 0.717) is 11.8 Å². The molecule has 0 spiro atoms. The smallest absolute Gasteiger partial charge is 0.314 e. The van der Waals surface area contributed by atoms with Crippen molar-refractivity contribution >= 4 is 11.9 Å². The molecule has 0 aromatic heterocycles. The van der Waals surface area contributed by atoms with Crippen LogP contribution in [0, 0.1) is 35.3 Å². The van der Waals surface area contributed by atoms with Crippen LogP contribution in [0.25, 0.3) is 0 Å². The minimum absolute atomic E-state index is 0.289. The van der Waals surface area contributed by atoms with E-state index in [4.69, 9.17) is 9.47 Å². The first-order chi connectivity index (χ1) is 19.4. The Hall–Kier alpha value is -1.98. The van der Waals surface area contributed by atoms with Crippen molar-refractivity contribution in [3.05, 3.63) is 23.8 Å². The highest BCUT2D eigenvalue weighted by atomic mass is 19.2. The Morgan fingerprint density at radius 2 is 0.950 bits per heavy atom. The summed E-state index contributed by atoms with van der Waals surface area (Å²) in [6.07, 6.45) is 21.8. The van der Waals surface area contributed by atoms with E-state index < -0.39 is 35.1 Å². The lowest BCUT2D eigenvalue weighted by atomic mass is 9.79. The molecule has 2 saturated carbocycles. The summed E-state index contributed by atoms with van der Waals surface area (Å²) in [6, 6.07) is 2.38. The lowest BCUT2D eigenvalue weighted by Crippen LogP contribution is -2.27. The Morgan fingerprint density at radius 1 is 0.600 bits per heavy atom. The van der Waals surface area contributed by atoms with Gasteiger partial charge in [0.25, 0.3) is 0 Å². The normalized spacial score (nSPS) is 23.1. The molecule has 2 aliphatic rings. The number of hydrogen-bond acceptors (Lipinski definition) is 4. The van der Waals surface area contributed by atoms with Gasteiger partial charge in [0.1, 0.15) is 0 Å². The largest absolute Gasteiger partial charge is 0.423 e. The van der Waals surface area contributed by atoms with Crippen LogP contribution < -0.4 is 9.47 Å². The number of esters is 2. The van der Waals surface area contributed by atoms with Crippen molar-refractivity contribution in [3.8, 4) is 11.5 Å². The van der Waals surface area contributed by atoms with Crippen LogP contribution >= 0.6 is 0 Å². The molecule has 1 aromatic rings. The zero-order chi connectivity index (χ0) is 28.7. The van der Waals surface area contributed by atoms with Crippen LogP contribution in [0.5, 0.6) is 11.5 Å². The van der Waals surface area contributed by atoms with Gasteiger partial charge in [-0.1, -0.05) is 90.9 Å². The second-order valence-corrected chi connectivity index (χ2v) is 12.4. The van der Waals surface area contributed by atoms with Crippen molar-refractivity contribution in [2.45, 2.75) is 142 Å². The summed E-state index contributed by atoms with van der Waals surface area (Å²) in [6.45, 7) is 4.43. The number of hydrogen-bond donors (Lipinski definition) is 0. The molecule has 40 heavy (non-hydrogen) atoms. The summed E-state index contributed by atoms with van der Waals surface area (Å²) < 4.78 is 40.1. The monoisotopic (exact) mass is 562 g/mol. The van der Waals surface area contributed by atoms with Crippen LogP contribution in [-0.2, 0) is 9.59 Å². The van der Waals surface area contributed by atoms with Gasteiger partial charge < -0.3 is 9.47 Å². The molecule has 0 N–H and O–H groups in total. The van der Waals surface area contributed by atoms with E-state index in [9.17, 15) is 18.4 Å². The molecule has 0 aliphatic heterocycles. The van der Waals surface area contributed by atoms with Gasteiger partial charge in [-0.15, -0.1) is 0 Å². The van der Waals surface area contributed by atoms with E-state index in [1.807, 2.05) is 0 Å². The number of carbonyl (C=O) groups is 2. The van der Waals surface area contributed by atoms with Gasteiger partial charge in [0, 0.05) is 0 Å². The highest BCUT2D eigenvalue weighted by molar-refractivity contribution is 5.76. The average Bonchev–Trinajstić information content (AvgIpc) is 2.97. The zero-order valence-corrected chi connectivity index (χ0v) is 25.0. The Bertz CT molecular complexity index is 828. The molecule has 0 atom stereocenters. The van der Waals surface area contributed by atoms with Crippen molar-refractivity contribution in [2.24, 2.45) is 23.7 Å². The van der Waals surface area contributed by atoms with Gasteiger partial charge in [-0.3, -0.25) is 9.59 Å². The molecule has 0 amide bonds. The SMILES string of the molecule is CCCCCCC[C@H]1CC[C@H](C(=O)Oc2ccc(OC(=O)[C@H]3CC[C@H](CCCCCCC)CC3)c(F)c2F)CC1. The van der Waals surface area contributed by atoms with E-state index in [1.165, 1.54) is 89.2 Å². The highest BCUT2D eigenvalue weighted by Crippen LogP contribution is 2.36. The second-order valence-electron chi connectivity index (χ2n) is 12.4. The van der Waals surface area contributed by atoms with Gasteiger partial charge in [0.15, 0.2) is 11.5 Å². The van der Waals surface area contributed by atoms with E-state index in [2.05, 4.69) is 13.8 Å². The molecular formula is C34H52F2O4. The van der Waals surface area contributed by atoms with Crippen LogP contribution in [0.1, 0.15) is 142 Å². The van der Waals surface area contributed by atoms with Gasteiger partial charge in [-0.2, -0.15) is 8.78 Å². The van der Waals surface area contributed by atoms with Gasteiger partial charge >= 0.3 is 11.9 Å². The molecule has 2 fully saturated rings. The van der Waals surface area contributed by atoms with Crippen molar-refractivity contribution in [2.75, 3.05) is 0 Å². The van der Waals surface area contributed by atoms with E-state index in [1.54, 1.807) is 0 Å². The molecule has 2 aliphatic carbocycles. The summed E-state index contributed by atoms with van der Waals surface area (Å²) in [7, 11) is 0. The fraction of sp³-hybridized carbons (Fsp3) is 0.765. The fourth-order valence-electron chi connectivity index (χ4n) is 6.50. The third-order valence-electron chi connectivity index (χ3n) is 9.22. The lowest BCUT2D eigenvalue weighted by molar-refractivity contribution is -0.141. The van der Waals surface area contributed by atoms with Crippen LogP contribution in [0.3, 0.4) is 0 Å². The third-order valence-corrected chi connectivity index (χ3v) is 9.22. The number of halogens is 2. The number of carbonyl (C=O) groups excluding carboxylic acids is 2. The molecule has 0 heterocycles. The van der Waals surface area contributed by atoms with Gasteiger partial charge in [0.05, 0.1) is 11.8 Å².